The van der Waals surface area contributed by atoms with Crippen molar-refractivity contribution in [3.8, 4) is 0 Å². The van der Waals surface area contributed by atoms with Gasteiger partial charge in [-0.1, -0.05) is 20.8 Å². The quantitative estimate of drug-likeness (QED) is 0.895. The van der Waals surface area contributed by atoms with Crippen molar-refractivity contribution in [3.63, 3.8) is 0 Å². The minimum atomic E-state index is -0.0476. The third kappa shape index (κ3) is 2.65. The summed E-state index contributed by atoms with van der Waals surface area (Å²) < 4.78 is 0. The predicted molar refractivity (Wildman–Crippen MR) is 83.6 cm³/mol. The Morgan fingerprint density at radius 3 is 2.77 bits per heavy atom. The first-order valence-electron chi connectivity index (χ1n) is 7.74. The maximum Gasteiger partial charge on any atom is 0.274 e. The number of nitrogens with one attached hydrogen (secondary N) is 2. The highest BCUT2D eigenvalue weighted by Crippen LogP contribution is 2.31. The van der Waals surface area contributed by atoms with E-state index >= 15 is 0 Å². The largest absolute Gasteiger partial charge is 0.344 e. The summed E-state index contributed by atoms with van der Waals surface area (Å²) in [6.45, 7) is 9.01. The van der Waals surface area contributed by atoms with Gasteiger partial charge in [0.05, 0.1) is 6.04 Å². The van der Waals surface area contributed by atoms with Crippen LogP contribution in [-0.4, -0.2) is 37.5 Å². The minimum Gasteiger partial charge on any atom is -0.344 e. The molecule has 1 amide bonds. The van der Waals surface area contributed by atoms with Crippen LogP contribution in [0.5, 0.6) is 0 Å². The van der Waals surface area contributed by atoms with Crippen molar-refractivity contribution in [2.45, 2.75) is 52.0 Å². The number of H-pyrrole nitrogens is 2. The topological polar surface area (TPSA) is 77.7 Å². The number of hydrogen-bond donors (Lipinski definition) is 2. The molecule has 0 saturated carbocycles. The normalized spacial score (nSPS) is 18.9. The molecule has 6 nitrogen and oxygen atoms in total. The Morgan fingerprint density at radius 2 is 2.18 bits per heavy atom. The summed E-state index contributed by atoms with van der Waals surface area (Å²) in [5, 5.41) is 7.20. The molecule has 2 aromatic heterocycles. The summed E-state index contributed by atoms with van der Waals surface area (Å²) >= 11 is 0. The van der Waals surface area contributed by atoms with Gasteiger partial charge in [0.1, 0.15) is 11.5 Å². The van der Waals surface area contributed by atoms with Gasteiger partial charge in [0.25, 0.3) is 5.91 Å². The average Bonchev–Trinajstić information content (AvgIpc) is 3.16. The van der Waals surface area contributed by atoms with Gasteiger partial charge in [-0.3, -0.25) is 9.89 Å². The molecule has 1 saturated heterocycles. The Morgan fingerprint density at radius 1 is 1.41 bits per heavy atom. The molecular formula is C16H23N5O. The van der Waals surface area contributed by atoms with Gasteiger partial charge in [0, 0.05) is 29.5 Å². The molecular weight excluding hydrogens is 278 g/mol. The van der Waals surface area contributed by atoms with Gasteiger partial charge in [-0.15, -0.1) is 0 Å². The number of aryl methyl sites for hydroxylation is 1. The first-order chi connectivity index (χ1) is 10.4. The second-order valence-corrected chi connectivity index (χ2v) is 7.02. The fourth-order valence-electron chi connectivity index (χ4n) is 2.86. The molecule has 0 spiro atoms. The smallest absolute Gasteiger partial charge is 0.274 e. The van der Waals surface area contributed by atoms with Crippen LogP contribution in [0.1, 0.15) is 67.4 Å². The highest BCUT2D eigenvalue weighted by Gasteiger charge is 2.33. The van der Waals surface area contributed by atoms with E-state index in [-0.39, 0.29) is 17.4 Å². The number of amides is 1. The van der Waals surface area contributed by atoms with Crippen molar-refractivity contribution in [2.24, 2.45) is 0 Å². The van der Waals surface area contributed by atoms with Gasteiger partial charge in [-0.05, 0) is 25.8 Å². The van der Waals surface area contributed by atoms with Crippen LogP contribution in [0.3, 0.4) is 0 Å². The molecule has 22 heavy (non-hydrogen) atoms. The lowest BCUT2D eigenvalue weighted by Crippen LogP contribution is -2.31. The van der Waals surface area contributed by atoms with Crippen molar-refractivity contribution in [1.29, 1.82) is 0 Å². The number of likely N-dealkylation sites (tertiary alicyclic amines) is 1. The second-order valence-electron chi connectivity index (χ2n) is 7.02. The van der Waals surface area contributed by atoms with Crippen LogP contribution >= 0.6 is 0 Å². The number of imidazole rings is 1. The Hall–Kier alpha value is -2.11. The Bertz CT molecular complexity index is 679. The molecule has 0 aromatic carbocycles. The lowest BCUT2D eigenvalue weighted by Gasteiger charge is -2.22. The van der Waals surface area contributed by atoms with E-state index in [0.717, 1.165) is 36.6 Å². The van der Waals surface area contributed by atoms with Crippen LogP contribution in [0, 0.1) is 6.92 Å². The molecule has 2 N–H and O–H groups in total. The van der Waals surface area contributed by atoms with E-state index in [1.165, 1.54) is 0 Å². The van der Waals surface area contributed by atoms with Crippen LogP contribution in [0.25, 0.3) is 0 Å². The van der Waals surface area contributed by atoms with Crippen molar-refractivity contribution in [2.75, 3.05) is 6.54 Å². The van der Waals surface area contributed by atoms with Crippen LogP contribution in [0.2, 0.25) is 0 Å². The Labute approximate surface area is 130 Å². The van der Waals surface area contributed by atoms with E-state index in [0.29, 0.717) is 5.69 Å². The molecule has 3 rings (SSSR count). The number of nitrogens with zero attached hydrogens (tertiary/aromatic N) is 3. The number of carbonyl (C=O) groups excluding carboxylic acids is 1. The highest BCUT2D eigenvalue weighted by molar-refractivity contribution is 5.92. The predicted octanol–water partition coefficient (Wildman–Crippen LogP) is 2.72. The second kappa shape index (κ2) is 5.26. The fraction of sp³-hybridized carbons (Fsp3) is 0.562. The molecule has 1 atom stereocenters. The fourth-order valence-corrected chi connectivity index (χ4v) is 2.86. The summed E-state index contributed by atoms with van der Waals surface area (Å²) in [7, 11) is 0. The Balaban J connectivity index is 1.83. The zero-order valence-corrected chi connectivity index (χ0v) is 13.6. The van der Waals surface area contributed by atoms with Gasteiger partial charge in [0.15, 0.2) is 0 Å². The van der Waals surface area contributed by atoms with Gasteiger partial charge in [0.2, 0.25) is 0 Å². The standard InChI is InChI=1S/C16H23N5O/c1-10-9-17-14(18-10)12-6-5-7-21(12)15(22)11-8-13(20-19-11)16(2,3)4/h8-9,12H,5-7H2,1-4H3,(H,17,18)(H,19,20)/t12-/m1/s1. The molecule has 0 unspecified atom stereocenters. The molecule has 0 radical (unpaired) electrons. The number of aromatic nitrogens is 4. The zero-order chi connectivity index (χ0) is 15.9. The summed E-state index contributed by atoms with van der Waals surface area (Å²) in [6, 6.07) is 1.89. The summed E-state index contributed by atoms with van der Waals surface area (Å²) in [4.78, 5) is 22.3. The number of aromatic amines is 2. The van der Waals surface area contributed by atoms with E-state index in [9.17, 15) is 4.79 Å². The van der Waals surface area contributed by atoms with E-state index in [1.807, 2.05) is 24.1 Å². The van der Waals surface area contributed by atoms with Crippen LogP contribution in [-0.2, 0) is 5.41 Å². The number of carbonyl (C=O) groups is 1. The van der Waals surface area contributed by atoms with Crippen molar-refractivity contribution in [1.82, 2.24) is 25.1 Å². The van der Waals surface area contributed by atoms with Crippen molar-refractivity contribution >= 4 is 5.91 Å². The number of hydrogen-bond acceptors (Lipinski definition) is 3. The van der Waals surface area contributed by atoms with Crippen LogP contribution < -0.4 is 0 Å². The van der Waals surface area contributed by atoms with E-state index < -0.39 is 0 Å². The van der Waals surface area contributed by atoms with E-state index in [2.05, 4.69) is 40.9 Å². The van der Waals surface area contributed by atoms with Gasteiger partial charge >= 0.3 is 0 Å². The maximum absolute atomic E-state index is 12.8. The van der Waals surface area contributed by atoms with Crippen molar-refractivity contribution < 1.29 is 4.79 Å². The highest BCUT2D eigenvalue weighted by atomic mass is 16.2. The van der Waals surface area contributed by atoms with Gasteiger partial charge in [-0.2, -0.15) is 5.10 Å². The van der Waals surface area contributed by atoms with Gasteiger partial charge in [-0.25, -0.2) is 4.98 Å². The molecule has 1 fully saturated rings. The minimum absolute atomic E-state index is 0.0241. The zero-order valence-electron chi connectivity index (χ0n) is 13.6. The lowest BCUT2D eigenvalue weighted by atomic mass is 9.92. The summed E-state index contributed by atoms with van der Waals surface area (Å²) in [5.74, 6) is 0.846. The third-order valence-corrected chi connectivity index (χ3v) is 4.16. The van der Waals surface area contributed by atoms with Gasteiger partial charge < -0.3 is 9.88 Å². The number of rotatable bonds is 2. The molecule has 118 valence electrons. The maximum atomic E-state index is 12.8. The molecule has 1 aliphatic rings. The van der Waals surface area contributed by atoms with Crippen molar-refractivity contribution in [3.05, 3.63) is 35.2 Å². The first-order valence-corrected chi connectivity index (χ1v) is 7.74. The molecule has 1 aliphatic heterocycles. The molecule has 0 aliphatic carbocycles. The van der Waals surface area contributed by atoms with Crippen LogP contribution in [0.4, 0.5) is 0 Å². The van der Waals surface area contributed by atoms with Crippen LogP contribution in [0.15, 0.2) is 12.3 Å². The lowest BCUT2D eigenvalue weighted by molar-refractivity contribution is 0.0724. The SMILES string of the molecule is Cc1cnc([C@H]2CCCN2C(=O)c2cc(C(C)(C)C)[nH]n2)[nH]1. The van der Waals surface area contributed by atoms with E-state index in [1.54, 1.807) is 0 Å². The first kappa shape index (κ1) is 14.8. The average molecular weight is 301 g/mol. The summed E-state index contributed by atoms with van der Waals surface area (Å²) in [6.07, 6.45) is 3.74. The molecule has 3 heterocycles. The Kier molecular flexibility index (Phi) is 3.54. The third-order valence-electron chi connectivity index (χ3n) is 4.16. The molecule has 2 aromatic rings. The molecule has 0 bridgehead atoms. The summed E-state index contributed by atoms with van der Waals surface area (Å²) in [5.41, 5.74) is 2.43. The van der Waals surface area contributed by atoms with E-state index in [4.69, 9.17) is 0 Å². The molecule has 6 heteroatoms. The monoisotopic (exact) mass is 301 g/mol.